The van der Waals surface area contributed by atoms with Crippen LogP contribution in [0.25, 0.3) is 0 Å². The van der Waals surface area contributed by atoms with Crippen LogP contribution in [0.5, 0.6) is 0 Å². The van der Waals surface area contributed by atoms with E-state index < -0.39 is 0 Å². The van der Waals surface area contributed by atoms with Crippen molar-refractivity contribution in [1.29, 1.82) is 0 Å². The molecule has 0 aromatic carbocycles. The molecule has 1 aromatic heterocycles. The number of nitrogens with two attached hydrogens (primary N) is 1. The fourth-order valence-corrected chi connectivity index (χ4v) is 4.18. The Balaban J connectivity index is 2.36. The van der Waals surface area contributed by atoms with Crippen LogP contribution in [-0.4, -0.2) is 15.8 Å². The van der Waals surface area contributed by atoms with Crippen molar-refractivity contribution in [3.8, 4) is 0 Å². The zero-order valence-electron chi connectivity index (χ0n) is 14.5. The largest absolute Gasteiger partial charge is 0.328 e. The van der Waals surface area contributed by atoms with Crippen molar-refractivity contribution in [2.75, 3.05) is 0 Å². The van der Waals surface area contributed by atoms with Crippen LogP contribution in [0, 0.1) is 11.8 Å². The third-order valence-corrected chi connectivity index (χ3v) is 4.90. The summed E-state index contributed by atoms with van der Waals surface area (Å²) in [5.41, 5.74) is 10.2. The van der Waals surface area contributed by atoms with Crippen LogP contribution in [0.4, 0.5) is 0 Å². The second kappa shape index (κ2) is 6.95. The zero-order chi connectivity index (χ0) is 15.6. The molecule has 2 rings (SSSR count). The van der Waals surface area contributed by atoms with E-state index in [1.807, 2.05) is 0 Å². The number of rotatable bonds is 5. The van der Waals surface area contributed by atoms with E-state index in [-0.39, 0.29) is 6.04 Å². The highest BCUT2D eigenvalue weighted by molar-refractivity contribution is 5.28. The van der Waals surface area contributed by atoms with Gasteiger partial charge < -0.3 is 5.73 Å². The average molecular weight is 291 g/mol. The van der Waals surface area contributed by atoms with E-state index >= 15 is 0 Å². The van der Waals surface area contributed by atoms with Gasteiger partial charge >= 0.3 is 0 Å². The van der Waals surface area contributed by atoms with Crippen molar-refractivity contribution in [3.05, 3.63) is 17.0 Å². The van der Waals surface area contributed by atoms with E-state index in [4.69, 9.17) is 10.8 Å². The molecule has 1 aliphatic carbocycles. The van der Waals surface area contributed by atoms with Gasteiger partial charge in [-0.25, -0.2) is 0 Å². The standard InChI is InChI=1S/C18H33N3/c1-6-17-16(11-14(5)19)18(7-2)21(20-17)15-9-12(3)8-13(4)10-15/h12-15H,6-11,19H2,1-5H3. The van der Waals surface area contributed by atoms with Gasteiger partial charge in [0.05, 0.1) is 11.7 Å². The summed E-state index contributed by atoms with van der Waals surface area (Å²) in [5, 5.41) is 5.01. The number of hydrogen-bond acceptors (Lipinski definition) is 2. The molecule has 0 spiro atoms. The van der Waals surface area contributed by atoms with E-state index in [9.17, 15) is 0 Å². The van der Waals surface area contributed by atoms with Crippen LogP contribution in [0.2, 0.25) is 0 Å². The first-order valence-electron chi connectivity index (χ1n) is 8.80. The van der Waals surface area contributed by atoms with Gasteiger partial charge in [-0.15, -0.1) is 0 Å². The summed E-state index contributed by atoms with van der Waals surface area (Å²) in [6.45, 7) is 11.3. The van der Waals surface area contributed by atoms with Gasteiger partial charge in [-0.05, 0) is 62.8 Å². The van der Waals surface area contributed by atoms with Crippen LogP contribution in [-0.2, 0) is 19.3 Å². The molecule has 3 unspecified atom stereocenters. The smallest absolute Gasteiger partial charge is 0.0657 e. The highest BCUT2D eigenvalue weighted by atomic mass is 15.3. The van der Waals surface area contributed by atoms with Gasteiger partial charge in [0.2, 0.25) is 0 Å². The fraction of sp³-hybridized carbons (Fsp3) is 0.833. The Morgan fingerprint density at radius 2 is 1.76 bits per heavy atom. The van der Waals surface area contributed by atoms with Crippen molar-refractivity contribution >= 4 is 0 Å². The number of aryl methyl sites for hydroxylation is 1. The summed E-state index contributed by atoms with van der Waals surface area (Å²) < 4.78 is 2.38. The maximum Gasteiger partial charge on any atom is 0.0657 e. The molecule has 1 aromatic rings. The predicted octanol–water partition coefficient (Wildman–Crippen LogP) is 3.89. The lowest BCUT2D eigenvalue weighted by Crippen LogP contribution is -2.25. The van der Waals surface area contributed by atoms with E-state index in [1.165, 1.54) is 36.2 Å². The molecule has 0 amide bonds. The molecule has 0 bridgehead atoms. The van der Waals surface area contributed by atoms with Crippen molar-refractivity contribution in [1.82, 2.24) is 9.78 Å². The maximum absolute atomic E-state index is 6.07. The molecule has 21 heavy (non-hydrogen) atoms. The summed E-state index contributed by atoms with van der Waals surface area (Å²) in [4.78, 5) is 0. The van der Waals surface area contributed by atoms with Crippen molar-refractivity contribution in [2.45, 2.75) is 85.2 Å². The molecular formula is C18H33N3. The predicted molar refractivity (Wildman–Crippen MR) is 89.6 cm³/mol. The van der Waals surface area contributed by atoms with Gasteiger partial charge in [-0.1, -0.05) is 27.7 Å². The molecule has 3 atom stereocenters. The van der Waals surface area contributed by atoms with Crippen LogP contribution < -0.4 is 5.73 Å². The summed E-state index contributed by atoms with van der Waals surface area (Å²) in [7, 11) is 0. The topological polar surface area (TPSA) is 43.8 Å². The second-order valence-electron chi connectivity index (χ2n) is 7.28. The Morgan fingerprint density at radius 3 is 2.24 bits per heavy atom. The monoisotopic (exact) mass is 291 g/mol. The Morgan fingerprint density at radius 1 is 1.14 bits per heavy atom. The lowest BCUT2D eigenvalue weighted by Gasteiger charge is -2.32. The van der Waals surface area contributed by atoms with Crippen molar-refractivity contribution in [2.24, 2.45) is 17.6 Å². The van der Waals surface area contributed by atoms with E-state index in [0.29, 0.717) is 6.04 Å². The molecular weight excluding hydrogens is 258 g/mol. The van der Waals surface area contributed by atoms with Crippen LogP contribution >= 0.6 is 0 Å². The summed E-state index contributed by atoms with van der Waals surface area (Å²) in [6.07, 6.45) is 6.96. The van der Waals surface area contributed by atoms with Gasteiger partial charge in [-0.2, -0.15) is 5.10 Å². The fourth-order valence-electron chi connectivity index (χ4n) is 4.18. The molecule has 1 aliphatic rings. The molecule has 2 N–H and O–H groups in total. The minimum Gasteiger partial charge on any atom is -0.328 e. The summed E-state index contributed by atoms with van der Waals surface area (Å²) in [5.74, 6) is 1.63. The number of nitrogens with zero attached hydrogens (tertiary/aromatic N) is 2. The molecule has 0 radical (unpaired) electrons. The molecule has 120 valence electrons. The zero-order valence-corrected chi connectivity index (χ0v) is 14.5. The van der Waals surface area contributed by atoms with Gasteiger partial charge in [0, 0.05) is 11.7 Å². The van der Waals surface area contributed by atoms with Gasteiger partial charge in [0.15, 0.2) is 0 Å². The third kappa shape index (κ3) is 3.68. The highest BCUT2D eigenvalue weighted by Crippen LogP contribution is 2.37. The highest BCUT2D eigenvalue weighted by Gasteiger charge is 2.28. The molecule has 3 heteroatoms. The normalized spacial score (nSPS) is 27.8. The number of hydrogen-bond donors (Lipinski definition) is 1. The summed E-state index contributed by atoms with van der Waals surface area (Å²) >= 11 is 0. The Bertz CT molecular complexity index is 451. The third-order valence-electron chi connectivity index (χ3n) is 4.90. The molecule has 1 fully saturated rings. The van der Waals surface area contributed by atoms with E-state index in [0.717, 1.165) is 31.1 Å². The Labute approximate surface area is 130 Å². The van der Waals surface area contributed by atoms with Gasteiger partial charge in [-0.3, -0.25) is 4.68 Å². The minimum absolute atomic E-state index is 0.211. The van der Waals surface area contributed by atoms with E-state index in [2.05, 4.69) is 39.3 Å². The second-order valence-corrected chi connectivity index (χ2v) is 7.28. The van der Waals surface area contributed by atoms with Crippen molar-refractivity contribution in [3.63, 3.8) is 0 Å². The lowest BCUT2D eigenvalue weighted by atomic mass is 9.80. The lowest BCUT2D eigenvalue weighted by molar-refractivity contribution is 0.206. The molecule has 3 nitrogen and oxygen atoms in total. The van der Waals surface area contributed by atoms with Crippen LogP contribution in [0.3, 0.4) is 0 Å². The molecule has 0 saturated heterocycles. The van der Waals surface area contributed by atoms with Crippen LogP contribution in [0.15, 0.2) is 0 Å². The molecule has 1 heterocycles. The quantitative estimate of drug-likeness (QED) is 0.894. The van der Waals surface area contributed by atoms with E-state index in [1.54, 1.807) is 0 Å². The SMILES string of the molecule is CCc1nn(C2CC(C)CC(C)C2)c(CC)c1CC(C)N. The molecule has 0 aliphatic heterocycles. The van der Waals surface area contributed by atoms with Crippen LogP contribution in [0.1, 0.15) is 76.9 Å². The van der Waals surface area contributed by atoms with Gasteiger partial charge in [0.1, 0.15) is 0 Å². The first-order chi connectivity index (χ1) is 9.96. The average Bonchev–Trinajstić information content (AvgIpc) is 2.74. The Hall–Kier alpha value is -0.830. The Kier molecular flexibility index (Phi) is 5.48. The minimum atomic E-state index is 0.211. The summed E-state index contributed by atoms with van der Waals surface area (Å²) in [6, 6.07) is 0.799. The molecule has 1 saturated carbocycles. The van der Waals surface area contributed by atoms with Gasteiger partial charge in [0.25, 0.3) is 0 Å². The maximum atomic E-state index is 6.07. The first kappa shape index (κ1) is 16.5. The number of aromatic nitrogens is 2. The first-order valence-corrected chi connectivity index (χ1v) is 8.80. The van der Waals surface area contributed by atoms with Crippen molar-refractivity contribution < 1.29 is 0 Å².